The van der Waals surface area contributed by atoms with E-state index in [2.05, 4.69) is 14.9 Å². The van der Waals surface area contributed by atoms with E-state index in [1.54, 1.807) is 11.1 Å². The first kappa shape index (κ1) is 14.4. The Bertz CT molecular complexity index is 772. The molecule has 1 amide bonds. The maximum atomic E-state index is 12.5. The van der Waals surface area contributed by atoms with E-state index >= 15 is 0 Å². The zero-order valence-corrected chi connectivity index (χ0v) is 14.0. The summed E-state index contributed by atoms with van der Waals surface area (Å²) in [5.41, 5.74) is 0.680. The molecule has 2 aromatic rings. The van der Waals surface area contributed by atoms with E-state index in [9.17, 15) is 4.79 Å². The van der Waals surface area contributed by atoms with Gasteiger partial charge in [0.15, 0.2) is 5.13 Å². The molecule has 6 nitrogen and oxygen atoms in total. The molecule has 0 radical (unpaired) electrons. The van der Waals surface area contributed by atoms with Gasteiger partial charge in [-0.05, 0) is 32.0 Å². The van der Waals surface area contributed by atoms with Crippen LogP contribution in [0.2, 0.25) is 0 Å². The number of piperidine rings is 3. The summed E-state index contributed by atoms with van der Waals surface area (Å²) in [5.74, 6) is 0.481. The lowest BCUT2D eigenvalue weighted by Gasteiger charge is -2.49. The van der Waals surface area contributed by atoms with Crippen molar-refractivity contribution in [2.75, 3.05) is 31.1 Å². The SMILES string of the molecule is O=C1OC2(CN3CCC2CC3)CN1c1ncc(-c2cccnc2)s1. The molecule has 2 aromatic heterocycles. The second-order valence-corrected chi connectivity index (χ2v) is 7.83. The highest BCUT2D eigenvalue weighted by atomic mass is 32.1. The van der Waals surface area contributed by atoms with Gasteiger partial charge < -0.3 is 4.74 Å². The van der Waals surface area contributed by atoms with Crippen LogP contribution in [-0.2, 0) is 4.74 Å². The molecule has 0 aliphatic carbocycles. The van der Waals surface area contributed by atoms with Crippen LogP contribution in [0.1, 0.15) is 12.8 Å². The molecule has 6 heterocycles. The minimum absolute atomic E-state index is 0.254. The highest BCUT2D eigenvalue weighted by Gasteiger charge is 2.56. The molecule has 4 fully saturated rings. The topological polar surface area (TPSA) is 58.6 Å². The van der Waals surface area contributed by atoms with E-state index in [-0.39, 0.29) is 11.7 Å². The number of carbonyl (C=O) groups is 1. The fourth-order valence-electron chi connectivity index (χ4n) is 4.19. The summed E-state index contributed by atoms with van der Waals surface area (Å²) in [7, 11) is 0. The number of carbonyl (C=O) groups excluding carboxylic acids is 1. The van der Waals surface area contributed by atoms with Crippen molar-refractivity contribution >= 4 is 22.6 Å². The Labute approximate surface area is 144 Å². The van der Waals surface area contributed by atoms with E-state index in [0.717, 1.165) is 42.9 Å². The summed E-state index contributed by atoms with van der Waals surface area (Å²) >= 11 is 1.51. The molecule has 0 N–H and O–H groups in total. The van der Waals surface area contributed by atoms with Crippen molar-refractivity contribution in [3.8, 4) is 10.4 Å². The highest BCUT2D eigenvalue weighted by Crippen LogP contribution is 2.44. The molecule has 4 aliphatic heterocycles. The molecule has 0 saturated carbocycles. The third kappa shape index (κ3) is 2.15. The van der Waals surface area contributed by atoms with Crippen molar-refractivity contribution < 1.29 is 9.53 Å². The predicted octanol–water partition coefficient (Wildman–Crippen LogP) is 2.63. The second kappa shape index (κ2) is 5.26. The summed E-state index contributed by atoms with van der Waals surface area (Å²) in [6.07, 6.45) is 7.37. The van der Waals surface area contributed by atoms with Crippen molar-refractivity contribution in [3.05, 3.63) is 30.7 Å². The zero-order chi connectivity index (χ0) is 16.1. The Morgan fingerprint density at radius 1 is 1.25 bits per heavy atom. The second-order valence-electron chi connectivity index (χ2n) is 6.82. The molecule has 4 aliphatic rings. The summed E-state index contributed by atoms with van der Waals surface area (Å²) in [6, 6.07) is 3.91. The number of ether oxygens (including phenoxy) is 1. The van der Waals surface area contributed by atoms with Crippen molar-refractivity contribution in [2.24, 2.45) is 5.92 Å². The van der Waals surface area contributed by atoms with Crippen LogP contribution in [0, 0.1) is 5.92 Å². The molecule has 1 spiro atoms. The van der Waals surface area contributed by atoms with Gasteiger partial charge in [0.25, 0.3) is 0 Å². The first-order valence-electron chi connectivity index (χ1n) is 8.33. The quantitative estimate of drug-likeness (QED) is 0.840. The van der Waals surface area contributed by atoms with Crippen LogP contribution in [0.15, 0.2) is 30.7 Å². The van der Waals surface area contributed by atoms with Crippen molar-refractivity contribution in [3.63, 3.8) is 0 Å². The smallest absolute Gasteiger partial charge is 0.416 e. The number of hydrogen-bond acceptors (Lipinski definition) is 6. The molecule has 1 atom stereocenters. The van der Waals surface area contributed by atoms with Gasteiger partial charge in [-0.15, -0.1) is 0 Å². The number of hydrogen-bond donors (Lipinski definition) is 0. The van der Waals surface area contributed by atoms with E-state index < -0.39 is 0 Å². The molecular weight excluding hydrogens is 324 g/mol. The van der Waals surface area contributed by atoms with Crippen LogP contribution < -0.4 is 4.90 Å². The number of thiazole rings is 1. The Morgan fingerprint density at radius 2 is 2.12 bits per heavy atom. The number of aromatic nitrogens is 2. The Kier molecular flexibility index (Phi) is 3.14. The van der Waals surface area contributed by atoms with E-state index in [1.165, 1.54) is 11.3 Å². The number of pyridine rings is 1. The Morgan fingerprint density at radius 3 is 2.83 bits per heavy atom. The van der Waals surface area contributed by atoms with Crippen LogP contribution in [0.25, 0.3) is 10.4 Å². The third-order valence-corrected chi connectivity index (χ3v) is 6.50. The maximum absolute atomic E-state index is 12.5. The van der Waals surface area contributed by atoms with Crippen LogP contribution in [-0.4, -0.2) is 52.7 Å². The summed E-state index contributed by atoms with van der Waals surface area (Å²) < 4.78 is 5.91. The zero-order valence-electron chi connectivity index (χ0n) is 13.2. The van der Waals surface area contributed by atoms with Crippen LogP contribution in [0.3, 0.4) is 0 Å². The number of rotatable bonds is 2. The van der Waals surface area contributed by atoms with Gasteiger partial charge >= 0.3 is 6.09 Å². The van der Waals surface area contributed by atoms with Gasteiger partial charge in [-0.1, -0.05) is 17.4 Å². The van der Waals surface area contributed by atoms with Gasteiger partial charge in [-0.3, -0.25) is 9.88 Å². The molecular formula is C17H18N4O2S. The average Bonchev–Trinajstić information content (AvgIpc) is 3.22. The van der Waals surface area contributed by atoms with Gasteiger partial charge in [-0.2, -0.15) is 0 Å². The largest absolute Gasteiger partial charge is 0.439 e. The number of nitrogens with zero attached hydrogens (tertiary/aromatic N) is 4. The Hall–Kier alpha value is -1.99. The van der Waals surface area contributed by atoms with Crippen LogP contribution in [0.4, 0.5) is 9.93 Å². The van der Waals surface area contributed by atoms with Crippen LogP contribution in [0.5, 0.6) is 0 Å². The average molecular weight is 342 g/mol. The number of anilines is 1. The molecule has 2 bridgehead atoms. The van der Waals surface area contributed by atoms with Gasteiger partial charge in [0.05, 0.1) is 11.4 Å². The first-order chi connectivity index (χ1) is 11.7. The summed E-state index contributed by atoms with van der Waals surface area (Å²) in [5, 5.41) is 0.715. The monoisotopic (exact) mass is 342 g/mol. The summed E-state index contributed by atoms with van der Waals surface area (Å²) in [6.45, 7) is 3.74. The molecule has 6 rings (SSSR count). The van der Waals surface area contributed by atoms with Gasteiger partial charge in [-0.25, -0.2) is 14.7 Å². The standard InChI is InChI=1S/C17H18N4O2S/c22-16-21(11-17(23-16)10-20-6-3-13(17)4-7-20)15-19-9-14(24-15)12-2-1-5-18-8-12/h1-2,5,8-9,13H,3-4,6-7,10-11H2. The van der Waals surface area contributed by atoms with Crippen molar-refractivity contribution in [1.29, 1.82) is 0 Å². The lowest BCUT2D eigenvalue weighted by Crippen LogP contribution is -2.61. The third-order valence-electron chi connectivity index (χ3n) is 5.43. The molecule has 7 heteroatoms. The molecule has 24 heavy (non-hydrogen) atoms. The lowest BCUT2D eigenvalue weighted by atomic mass is 9.75. The molecule has 1 unspecified atom stereocenters. The van der Waals surface area contributed by atoms with Gasteiger partial charge in [0.1, 0.15) is 5.60 Å². The maximum Gasteiger partial charge on any atom is 0.416 e. The minimum Gasteiger partial charge on any atom is -0.439 e. The lowest BCUT2D eigenvalue weighted by molar-refractivity contribution is -0.0881. The van der Waals surface area contributed by atoms with E-state index in [1.807, 2.05) is 24.5 Å². The molecule has 124 valence electrons. The molecule has 0 aromatic carbocycles. The fraction of sp³-hybridized carbons (Fsp3) is 0.471. The van der Waals surface area contributed by atoms with E-state index in [0.29, 0.717) is 17.6 Å². The van der Waals surface area contributed by atoms with E-state index in [4.69, 9.17) is 4.74 Å². The Balaban J connectivity index is 1.42. The van der Waals surface area contributed by atoms with Crippen molar-refractivity contribution in [1.82, 2.24) is 14.9 Å². The predicted molar refractivity (Wildman–Crippen MR) is 91.1 cm³/mol. The normalized spacial score (nSPS) is 31.7. The van der Waals surface area contributed by atoms with Crippen LogP contribution >= 0.6 is 11.3 Å². The van der Waals surface area contributed by atoms with Crippen molar-refractivity contribution in [2.45, 2.75) is 18.4 Å². The number of fused-ring (bicyclic) bond motifs is 2. The fourth-order valence-corrected chi connectivity index (χ4v) is 5.09. The molecule has 4 saturated heterocycles. The van der Waals surface area contributed by atoms with Gasteiger partial charge in [0.2, 0.25) is 0 Å². The highest BCUT2D eigenvalue weighted by molar-refractivity contribution is 7.19. The minimum atomic E-state index is -0.340. The summed E-state index contributed by atoms with van der Waals surface area (Å²) in [4.78, 5) is 26.3. The number of amides is 1. The van der Waals surface area contributed by atoms with Gasteiger partial charge in [0, 0.05) is 36.6 Å². The first-order valence-corrected chi connectivity index (χ1v) is 9.14.